The predicted octanol–water partition coefficient (Wildman–Crippen LogP) is 2.32. The summed E-state index contributed by atoms with van der Waals surface area (Å²) in [6, 6.07) is 5.41. The first-order valence-electron chi connectivity index (χ1n) is 5.24. The van der Waals surface area contributed by atoms with Crippen LogP contribution in [0.1, 0.15) is 11.7 Å². The van der Waals surface area contributed by atoms with Crippen LogP contribution in [-0.4, -0.2) is 24.6 Å². The molecule has 0 bridgehead atoms. The molecule has 0 saturated carbocycles. The van der Waals surface area contributed by atoms with Gasteiger partial charge in [0.1, 0.15) is 5.58 Å². The molecule has 0 aliphatic heterocycles. The molecule has 3 nitrogen and oxygen atoms in total. The van der Waals surface area contributed by atoms with Gasteiger partial charge in [0.25, 0.3) is 6.43 Å². The van der Waals surface area contributed by atoms with E-state index in [0.29, 0.717) is 11.1 Å². The Morgan fingerprint density at radius 3 is 2.71 bits per heavy atom. The summed E-state index contributed by atoms with van der Waals surface area (Å²) in [5, 5.41) is 13.1. The molecule has 0 aliphatic carbocycles. The van der Waals surface area contributed by atoms with Crippen LogP contribution in [-0.2, 0) is 0 Å². The number of rotatable bonds is 4. The van der Waals surface area contributed by atoms with Gasteiger partial charge in [0.15, 0.2) is 0 Å². The van der Waals surface area contributed by atoms with Gasteiger partial charge in [-0.15, -0.1) is 0 Å². The molecule has 0 amide bonds. The van der Waals surface area contributed by atoms with Crippen molar-refractivity contribution in [2.24, 2.45) is 0 Å². The number of aliphatic hydroxyl groups is 1. The van der Waals surface area contributed by atoms with Gasteiger partial charge in [-0.25, -0.2) is 8.78 Å². The average molecular weight is 241 g/mol. The Bertz CT molecular complexity index is 498. The maximum atomic E-state index is 12.6. The molecule has 0 saturated heterocycles. The fraction of sp³-hybridized carbons (Fsp3) is 0.333. The average Bonchev–Trinajstić information content (AvgIpc) is 2.75. The van der Waals surface area contributed by atoms with E-state index >= 15 is 0 Å². The third-order valence-corrected chi connectivity index (χ3v) is 2.77. The fourth-order valence-electron chi connectivity index (χ4n) is 1.78. The van der Waals surface area contributed by atoms with Crippen molar-refractivity contribution in [1.29, 1.82) is 0 Å². The molecule has 92 valence electrons. The first kappa shape index (κ1) is 12.0. The van der Waals surface area contributed by atoms with Gasteiger partial charge in [-0.1, -0.05) is 12.1 Å². The third-order valence-electron chi connectivity index (χ3n) is 2.77. The van der Waals surface area contributed by atoms with Crippen molar-refractivity contribution in [2.45, 2.75) is 18.6 Å². The first-order chi connectivity index (χ1) is 8.13. The standard InChI is InChI=1S/C12H13F2NO2/c1-15-10(12(13)14)11(16)8-3-2-7-4-5-17-9(7)6-8/h2-6,10-12,15-16H,1H3. The third kappa shape index (κ3) is 2.30. The smallest absolute Gasteiger partial charge is 0.256 e. The van der Waals surface area contributed by atoms with Crippen molar-refractivity contribution >= 4 is 11.0 Å². The number of alkyl halides is 2. The molecule has 2 rings (SSSR count). The molecule has 0 radical (unpaired) electrons. The zero-order valence-corrected chi connectivity index (χ0v) is 9.23. The van der Waals surface area contributed by atoms with Crippen LogP contribution in [0.5, 0.6) is 0 Å². The number of halogens is 2. The molecule has 17 heavy (non-hydrogen) atoms. The summed E-state index contributed by atoms with van der Waals surface area (Å²) in [5.74, 6) is 0. The molecular weight excluding hydrogens is 228 g/mol. The SMILES string of the molecule is CNC(C(F)F)C(O)c1ccc2ccoc2c1. The highest BCUT2D eigenvalue weighted by Gasteiger charge is 2.28. The number of aliphatic hydroxyl groups excluding tert-OH is 1. The minimum absolute atomic E-state index is 0.409. The molecule has 2 aromatic rings. The largest absolute Gasteiger partial charge is 0.464 e. The summed E-state index contributed by atoms with van der Waals surface area (Å²) in [7, 11) is 1.39. The zero-order valence-electron chi connectivity index (χ0n) is 9.23. The number of hydrogen-bond acceptors (Lipinski definition) is 3. The first-order valence-corrected chi connectivity index (χ1v) is 5.24. The normalized spacial score (nSPS) is 15.4. The summed E-state index contributed by atoms with van der Waals surface area (Å²) < 4.78 is 30.5. The summed E-state index contributed by atoms with van der Waals surface area (Å²) in [4.78, 5) is 0. The van der Waals surface area contributed by atoms with Crippen molar-refractivity contribution in [3.63, 3.8) is 0 Å². The van der Waals surface area contributed by atoms with E-state index in [4.69, 9.17) is 4.42 Å². The number of furan rings is 1. The molecular formula is C12H13F2NO2. The van der Waals surface area contributed by atoms with Crippen LogP contribution in [0.2, 0.25) is 0 Å². The molecule has 1 aromatic heterocycles. The Labute approximate surface area is 97.0 Å². The van der Waals surface area contributed by atoms with E-state index in [9.17, 15) is 13.9 Å². The van der Waals surface area contributed by atoms with Crippen LogP contribution >= 0.6 is 0 Å². The predicted molar refractivity (Wildman–Crippen MR) is 60.0 cm³/mol. The van der Waals surface area contributed by atoms with Crippen LogP contribution in [0.25, 0.3) is 11.0 Å². The van der Waals surface area contributed by atoms with E-state index in [1.54, 1.807) is 24.3 Å². The molecule has 2 N–H and O–H groups in total. The van der Waals surface area contributed by atoms with Gasteiger partial charge in [0.05, 0.1) is 18.4 Å². The lowest BCUT2D eigenvalue weighted by Crippen LogP contribution is -2.38. The Hall–Kier alpha value is -1.46. The summed E-state index contributed by atoms with van der Waals surface area (Å²) >= 11 is 0. The van der Waals surface area contributed by atoms with E-state index in [0.717, 1.165) is 5.39 Å². The summed E-state index contributed by atoms with van der Waals surface area (Å²) in [5.41, 5.74) is 0.984. The minimum atomic E-state index is -2.64. The van der Waals surface area contributed by atoms with Crippen LogP contribution in [0, 0.1) is 0 Å². The molecule has 2 unspecified atom stereocenters. The molecule has 0 aliphatic rings. The molecule has 5 heteroatoms. The lowest BCUT2D eigenvalue weighted by molar-refractivity contribution is 0.0209. The van der Waals surface area contributed by atoms with E-state index in [1.165, 1.54) is 13.3 Å². The number of benzene rings is 1. The van der Waals surface area contributed by atoms with Crippen LogP contribution in [0.15, 0.2) is 34.9 Å². The van der Waals surface area contributed by atoms with Crippen LogP contribution in [0.4, 0.5) is 8.78 Å². The van der Waals surface area contributed by atoms with E-state index in [-0.39, 0.29) is 0 Å². The Morgan fingerprint density at radius 2 is 2.06 bits per heavy atom. The van der Waals surface area contributed by atoms with Crippen molar-refractivity contribution in [2.75, 3.05) is 7.05 Å². The van der Waals surface area contributed by atoms with Gasteiger partial charge in [-0.2, -0.15) is 0 Å². The van der Waals surface area contributed by atoms with Gasteiger partial charge < -0.3 is 14.8 Å². The summed E-state index contributed by atoms with van der Waals surface area (Å²) in [6.45, 7) is 0. The molecule has 0 fully saturated rings. The second kappa shape index (κ2) is 4.81. The topological polar surface area (TPSA) is 45.4 Å². The maximum absolute atomic E-state index is 12.6. The monoisotopic (exact) mass is 241 g/mol. The van der Waals surface area contributed by atoms with Gasteiger partial charge in [0, 0.05) is 5.39 Å². The van der Waals surface area contributed by atoms with Crippen molar-refractivity contribution in [1.82, 2.24) is 5.32 Å². The maximum Gasteiger partial charge on any atom is 0.256 e. The summed E-state index contributed by atoms with van der Waals surface area (Å²) in [6.07, 6.45) is -2.39. The lowest BCUT2D eigenvalue weighted by Gasteiger charge is -2.21. The minimum Gasteiger partial charge on any atom is -0.464 e. The Balaban J connectivity index is 2.31. The van der Waals surface area contributed by atoms with Crippen molar-refractivity contribution < 1.29 is 18.3 Å². The number of hydrogen-bond donors (Lipinski definition) is 2. The van der Waals surface area contributed by atoms with Gasteiger partial charge >= 0.3 is 0 Å². The quantitative estimate of drug-likeness (QED) is 0.863. The van der Waals surface area contributed by atoms with Gasteiger partial charge in [0.2, 0.25) is 0 Å². The Kier molecular flexibility index (Phi) is 3.40. The van der Waals surface area contributed by atoms with Crippen LogP contribution in [0.3, 0.4) is 0 Å². The van der Waals surface area contributed by atoms with E-state index in [2.05, 4.69) is 5.32 Å². The van der Waals surface area contributed by atoms with Crippen molar-refractivity contribution in [3.8, 4) is 0 Å². The lowest BCUT2D eigenvalue weighted by atomic mass is 10.0. The van der Waals surface area contributed by atoms with Gasteiger partial charge in [-0.3, -0.25) is 0 Å². The highest BCUT2D eigenvalue weighted by Crippen LogP contribution is 2.25. The number of nitrogens with one attached hydrogen (secondary N) is 1. The van der Waals surface area contributed by atoms with Crippen molar-refractivity contribution in [3.05, 3.63) is 36.1 Å². The number of likely N-dealkylation sites (N-methyl/N-ethyl adjacent to an activating group) is 1. The van der Waals surface area contributed by atoms with E-state index < -0.39 is 18.6 Å². The zero-order chi connectivity index (χ0) is 12.4. The molecule has 2 atom stereocenters. The van der Waals surface area contributed by atoms with Gasteiger partial charge in [-0.05, 0) is 24.7 Å². The van der Waals surface area contributed by atoms with E-state index in [1.807, 2.05) is 0 Å². The molecule has 1 aromatic carbocycles. The second-order valence-corrected chi connectivity index (χ2v) is 3.81. The highest BCUT2D eigenvalue weighted by molar-refractivity contribution is 5.77. The molecule has 0 spiro atoms. The fourth-order valence-corrected chi connectivity index (χ4v) is 1.78. The highest BCUT2D eigenvalue weighted by atomic mass is 19.3. The second-order valence-electron chi connectivity index (χ2n) is 3.81. The number of fused-ring (bicyclic) bond motifs is 1. The molecule has 1 heterocycles. The van der Waals surface area contributed by atoms with Crippen LogP contribution < -0.4 is 5.32 Å². The Morgan fingerprint density at radius 1 is 1.29 bits per heavy atom.